The number of aromatic nitrogens is 1. The molecule has 1 N–H and O–H groups in total. The molecule has 7 nitrogen and oxygen atoms in total. The van der Waals surface area contributed by atoms with Crippen LogP contribution in [0.2, 0.25) is 0 Å². The van der Waals surface area contributed by atoms with E-state index >= 15 is 0 Å². The van der Waals surface area contributed by atoms with Gasteiger partial charge in [0.2, 0.25) is 0 Å². The first-order valence-corrected chi connectivity index (χ1v) is 10.7. The molecular formula is C22H22N2O5S. The highest BCUT2D eigenvalue weighted by molar-refractivity contribution is 7.92. The van der Waals surface area contributed by atoms with E-state index in [1.54, 1.807) is 54.9 Å². The zero-order chi connectivity index (χ0) is 21.6. The minimum absolute atomic E-state index is 0.0383. The van der Waals surface area contributed by atoms with Crippen LogP contribution in [-0.2, 0) is 27.8 Å². The normalized spacial score (nSPS) is 11.1. The number of pyridine rings is 1. The van der Waals surface area contributed by atoms with Crippen molar-refractivity contribution in [3.05, 3.63) is 84.2 Å². The van der Waals surface area contributed by atoms with Crippen LogP contribution in [0.25, 0.3) is 0 Å². The van der Waals surface area contributed by atoms with E-state index in [9.17, 15) is 18.3 Å². The molecule has 0 aliphatic rings. The molecule has 1 heterocycles. The Hall–Kier alpha value is -3.23. The summed E-state index contributed by atoms with van der Waals surface area (Å²) in [7, 11) is -2.64. The highest BCUT2D eigenvalue weighted by Crippen LogP contribution is 2.33. The molecule has 0 amide bonds. The molecular weight excluding hydrogens is 404 g/mol. The minimum atomic E-state index is -4.06. The molecule has 0 saturated carbocycles. The highest BCUT2D eigenvalue weighted by atomic mass is 32.2. The average Bonchev–Trinajstić information content (AvgIpc) is 2.78. The fourth-order valence-electron chi connectivity index (χ4n) is 2.99. The number of methoxy groups -OCH3 is 1. The lowest BCUT2D eigenvalue weighted by atomic mass is 10.1. The van der Waals surface area contributed by atoms with Crippen molar-refractivity contribution in [2.75, 3.05) is 18.0 Å². The Kier molecular flexibility index (Phi) is 6.81. The smallest absolute Gasteiger partial charge is 0.264 e. The Balaban J connectivity index is 2.04. The lowest BCUT2D eigenvalue weighted by Crippen LogP contribution is -2.36. The molecule has 0 aliphatic heterocycles. The quantitative estimate of drug-likeness (QED) is 0.565. The molecule has 0 unspecified atom stereocenters. The van der Waals surface area contributed by atoms with E-state index < -0.39 is 16.6 Å². The van der Waals surface area contributed by atoms with Crippen LogP contribution >= 0.6 is 0 Å². The molecule has 1 aromatic heterocycles. The first kappa shape index (κ1) is 21.5. The van der Waals surface area contributed by atoms with Gasteiger partial charge in [-0.1, -0.05) is 30.3 Å². The number of aliphatic hydroxyl groups excluding tert-OH is 1. The summed E-state index contributed by atoms with van der Waals surface area (Å²) in [6, 6.07) is 16.1. The van der Waals surface area contributed by atoms with Crippen LogP contribution < -0.4 is 9.04 Å². The molecule has 0 saturated heterocycles. The van der Waals surface area contributed by atoms with Crippen LogP contribution in [0.4, 0.5) is 5.69 Å². The minimum Gasteiger partial charge on any atom is -0.495 e. The van der Waals surface area contributed by atoms with Gasteiger partial charge in [0.1, 0.15) is 5.75 Å². The summed E-state index contributed by atoms with van der Waals surface area (Å²) in [5.74, 6) is -0.0279. The number of ether oxygens (including phenoxy) is 1. The van der Waals surface area contributed by atoms with E-state index in [-0.39, 0.29) is 35.1 Å². The summed E-state index contributed by atoms with van der Waals surface area (Å²) >= 11 is 0. The number of Topliss-reactive ketones (excluding diaryl/α,β-unsaturated/α-hetero) is 1. The molecule has 2 aromatic carbocycles. The largest absolute Gasteiger partial charge is 0.495 e. The number of hydrogen-bond donors (Lipinski definition) is 1. The number of rotatable bonds is 9. The van der Waals surface area contributed by atoms with Crippen LogP contribution in [0.5, 0.6) is 5.75 Å². The zero-order valence-electron chi connectivity index (χ0n) is 16.4. The van der Waals surface area contributed by atoms with Gasteiger partial charge in [0, 0.05) is 18.8 Å². The number of benzene rings is 2. The Labute approximate surface area is 175 Å². The van der Waals surface area contributed by atoms with Crippen LogP contribution in [0.3, 0.4) is 0 Å². The fraction of sp³-hybridized carbons (Fsp3) is 0.182. The van der Waals surface area contributed by atoms with E-state index in [1.165, 1.54) is 25.3 Å². The first-order valence-electron chi connectivity index (χ1n) is 9.22. The Morgan fingerprint density at radius 1 is 1.07 bits per heavy atom. The van der Waals surface area contributed by atoms with Gasteiger partial charge in [0.05, 0.1) is 30.8 Å². The van der Waals surface area contributed by atoms with Crippen molar-refractivity contribution < 1.29 is 23.1 Å². The number of hydrogen-bond acceptors (Lipinski definition) is 6. The van der Waals surface area contributed by atoms with Crippen molar-refractivity contribution >= 4 is 21.5 Å². The predicted molar refractivity (Wildman–Crippen MR) is 113 cm³/mol. The summed E-state index contributed by atoms with van der Waals surface area (Å²) in [6.45, 7) is -0.669. The lowest BCUT2D eigenvalue weighted by Gasteiger charge is -2.26. The third kappa shape index (κ3) is 4.84. The van der Waals surface area contributed by atoms with Gasteiger partial charge in [-0.2, -0.15) is 0 Å². The van der Waals surface area contributed by atoms with E-state index in [2.05, 4.69) is 4.98 Å². The molecule has 3 rings (SSSR count). The third-order valence-corrected chi connectivity index (χ3v) is 6.24. The maximum absolute atomic E-state index is 13.4. The second kappa shape index (κ2) is 9.51. The van der Waals surface area contributed by atoms with Gasteiger partial charge < -0.3 is 9.84 Å². The van der Waals surface area contributed by atoms with E-state index in [4.69, 9.17) is 4.74 Å². The molecule has 8 heteroatoms. The second-order valence-corrected chi connectivity index (χ2v) is 8.43. The Bertz CT molecular complexity index is 1100. The standard InChI is InChI=1S/C22H22N2O5S/c1-29-22-10-9-18(16-25)13-21(22)24(30(27,28)20-7-3-2-4-8-20)15-19(26)12-17-6-5-11-23-14-17/h2-11,13-14,25H,12,15-16H2,1H3. The van der Waals surface area contributed by atoms with Crippen molar-refractivity contribution in [3.63, 3.8) is 0 Å². The molecule has 156 valence electrons. The topological polar surface area (TPSA) is 96.8 Å². The number of carbonyl (C=O) groups is 1. The third-order valence-electron chi connectivity index (χ3n) is 4.47. The first-order chi connectivity index (χ1) is 14.5. The summed E-state index contributed by atoms with van der Waals surface area (Å²) in [5, 5.41) is 9.52. The van der Waals surface area contributed by atoms with Crippen LogP contribution in [0, 0.1) is 0 Å². The van der Waals surface area contributed by atoms with Gasteiger partial charge in [-0.3, -0.25) is 14.1 Å². The molecule has 0 fully saturated rings. The van der Waals surface area contributed by atoms with Gasteiger partial charge in [-0.25, -0.2) is 8.42 Å². The number of ketones is 1. The summed E-state index contributed by atoms with van der Waals surface area (Å²) in [5.41, 5.74) is 1.38. The molecule has 0 bridgehead atoms. The van der Waals surface area contributed by atoms with Crippen molar-refractivity contribution in [2.45, 2.75) is 17.9 Å². The molecule has 0 spiro atoms. The zero-order valence-corrected chi connectivity index (χ0v) is 17.2. The predicted octanol–water partition coefficient (Wildman–Crippen LogP) is 2.59. The van der Waals surface area contributed by atoms with Gasteiger partial charge in [-0.05, 0) is 41.5 Å². The molecule has 30 heavy (non-hydrogen) atoms. The second-order valence-electron chi connectivity index (χ2n) is 6.57. The van der Waals surface area contributed by atoms with Gasteiger partial charge in [-0.15, -0.1) is 0 Å². The SMILES string of the molecule is COc1ccc(CO)cc1N(CC(=O)Cc1cccnc1)S(=O)(=O)c1ccccc1. The Morgan fingerprint density at radius 2 is 1.83 bits per heavy atom. The van der Waals surface area contributed by atoms with Crippen molar-refractivity contribution in [2.24, 2.45) is 0 Å². The number of nitrogens with zero attached hydrogens (tertiary/aromatic N) is 2. The Morgan fingerprint density at radius 3 is 2.47 bits per heavy atom. The van der Waals surface area contributed by atoms with E-state index in [0.717, 1.165) is 4.31 Å². The molecule has 3 aromatic rings. The van der Waals surface area contributed by atoms with Gasteiger partial charge >= 0.3 is 0 Å². The van der Waals surface area contributed by atoms with Crippen molar-refractivity contribution in [1.82, 2.24) is 4.98 Å². The number of aliphatic hydroxyl groups is 1. The van der Waals surface area contributed by atoms with Crippen LogP contribution in [-0.4, -0.2) is 37.9 Å². The molecule has 0 aliphatic carbocycles. The van der Waals surface area contributed by atoms with Crippen molar-refractivity contribution in [1.29, 1.82) is 0 Å². The number of anilines is 1. The highest BCUT2D eigenvalue weighted by Gasteiger charge is 2.29. The molecule has 0 atom stereocenters. The van der Waals surface area contributed by atoms with Gasteiger partial charge in [0.25, 0.3) is 10.0 Å². The summed E-state index contributed by atoms with van der Waals surface area (Å²) < 4.78 is 33.2. The van der Waals surface area contributed by atoms with Crippen LogP contribution in [0.15, 0.2) is 78.0 Å². The monoisotopic (exact) mass is 426 g/mol. The average molecular weight is 426 g/mol. The van der Waals surface area contributed by atoms with E-state index in [0.29, 0.717) is 11.1 Å². The maximum atomic E-state index is 13.4. The summed E-state index contributed by atoms with van der Waals surface area (Å²) in [4.78, 5) is 16.8. The van der Waals surface area contributed by atoms with Gasteiger partial charge in [0.15, 0.2) is 5.78 Å². The lowest BCUT2D eigenvalue weighted by molar-refractivity contribution is -0.117. The molecule has 0 radical (unpaired) electrons. The van der Waals surface area contributed by atoms with Crippen molar-refractivity contribution in [3.8, 4) is 5.75 Å². The summed E-state index contributed by atoms with van der Waals surface area (Å²) in [6.07, 6.45) is 3.21. The van der Waals surface area contributed by atoms with E-state index in [1.807, 2.05) is 0 Å². The number of carbonyl (C=O) groups excluding carboxylic acids is 1. The van der Waals surface area contributed by atoms with Crippen LogP contribution in [0.1, 0.15) is 11.1 Å². The maximum Gasteiger partial charge on any atom is 0.264 e. The fourth-order valence-corrected chi connectivity index (χ4v) is 4.47. The number of sulfonamides is 1.